The smallest absolute Gasteiger partial charge is 0.109 e. The second-order valence-corrected chi connectivity index (χ2v) is 3.17. The maximum atomic E-state index is 9.22. The standard InChI is InChI=1S/C8H18N2O2/c1-9-10-6-12-8-4-2-7(11)3-5-8/h7-11H,2-6H2,1H3. The van der Waals surface area contributed by atoms with Crippen molar-refractivity contribution in [2.24, 2.45) is 0 Å². The Bertz CT molecular complexity index is 114. The lowest BCUT2D eigenvalue weighted by atomic mass is 9.95. The van der Waals surface area contributed by atoms with Gasteiger partial charge in [-0.25, -0.2) is 5.43 Å². The maximum absolute atomic E-state index is 9.22. The first kappa shape index (κ1) is 9.92. The van der Waals surface area contributed by atoms with Gasteiger partial charge in [0.1, 0.15) is 6.73 Å². The minimum absolute atomic E-state index is 0.0953. The third-order valence-corrected chi connectivity index (χ3v) is 2.21. The van der Waals surface area contributed by atoms with Gasteiger partial charge in [0.15, 0.2) is 0 Å². The van der Waals surface area contributed by atoms with Gasteiger partial charge < -0.3 is 9.84 Å². The molecule has 0 spiro atoms. The number of aliphatic hydroxyl groups is 1. The van der Waals surface area contributed by atoms with Gasteiger partial charge in [-0.3, -0.25) is 5.43 Å². The molecule has 3 N–H and O–H groups in total. The van der Waals surface area contributed by atoms with Crippen molar-refractivity contribution in [3.8, 4) is 0 Å². The summed E-state index contributed by atoms with van der Waals surface area (Å²) in [6.45, 7) is 0.539. The molecule has 0 aromatic heterocycles. The molecule has 0 heterocycles. The van der Waals surface area contributed by atoms with E-state index in [9.17, 15) is 5.11 Å². The number of hydrogen-bond donors (Lipinski definition) is 3. The summed E-state index contributed by atoms with van der Waals surface area (Å²) in [6.07, 6.45) is 3.95. The van der Waals surface area contributed by atoms with Crippen LogP contribution in [-0.2, 0) is 4.74 Å². The molecule has 12 heavy (non-hydrogen) atoms. The third-order valence-electron chi connectivity index (χ3n) is 2.21. The Morgan fingerprint density at radius 3 is 2.58 bits per heavy atom. The van der Waals surface area contributed by atoms with E-state index >= 15 is 0 Å². The van der Waals surface area contributed by atoms with E-state index in [-0.39, 0.29) is 6.10 Å². The van der Waals surface area contributed by atoms with E-state index in [2.05, 4.69) is 10.9 Å². The molecular weight excluding hydrogens is 156 g/mol. The lowest BCUT2D eigenvalue weighted by Gasteiger charge is -2.25. The van der Waals surface area contributed by atoms with Crippen LogP contribution in [0.3, 0.4) is 0 Å². The molecule has 0 saturated heterocycles. The van der Waals surface area contributed by atoms with Crippen LogP contribution in [0, 0.1) is 0 Å². The van der Waals surface area contributed by atoms with Crippen LogP contribution in [0.5, 0.6) is 0 Å². The zero-order valence-corrected chi connectivity index (χ0v) is 7.55. The molecule has 0 amide bonds. The first-order valence-corrected chi connectivity index (χ1v) is 4.52. The van der Waals surface area contributed by atoms with Gasteiger partial charge in [-0.15, -0.1) is 0 Å². The summed E-state index contributed by atoms with van der Waals surface area (Å²) in [4.78, 5) is 0. The van der Waals surface area contributed by atoms with Crippen LogP contribution in [0.1, 0.15) is 25.7 Å². The molecule has 1 aliphatic rings. The Balaban J connectivity index is 2.01. The molecule has 0 radical (unpaired) electrons. The summed E-state index contributed by atoms with van der Waals surface area (Å²) >= 11 is 0. The van der Waals surface area contributed by atoms with E-state index in [1.54, 1.807) is 0 Å². The van der Waals surface area contributed by atoms with Gasteiger partial charge in [0.05, 0.1) is 12.2 Å². The van der Waals surface area contributed by atoms with Crippen molar-refractivity contribution in [1.82, 2.24) is 10.9 Å². The first-order chi connectivity index (χ1) is 5.83. The van der Waals surface area contributed by atoms with E-state index in [0.717, 1.165) is 25.7 Å². The van der Waals surface area contributed by atoms with Gasteiger partial charge in [-0.1, -0.05) is 0 Å². The molecule has 4 heteroatoms. The molecule has 72 valence electrons. The van der Waals surface area contributed by atoms with Crippen LogP contribution in [0.2, 0.25) is 0 Å². The SMILES string of the molecule is CNNCOC1CCC(O)CC1. The normalized spacial score (nSPS) is 30.5. The summed E-state index contributed by atoms with van der Waals surface area (Å²) < 4.78 is 5.49. The molecule has 1 saturated carbocycles. The molecule has 0 aromatic rings. The number of ether oxygens (including phenoxy) is 1. The third kappa shape index (κ3) is 3.49. The van der Waals surface area contributed by atoms with E-state index in [4.69, 9.17) is 4.74 Å². The quantitative estimate of drug-likeness (QED) is 0.319. The Morgan fingerprint density at radius 1 is 1.33 bits per heavy atom. The van der Waals surface area contributed by atoms with Gasteiger partial charge in [-0.2, -0.15) is 0 Å². The maximum Gasteiger partial charge on any atom is 0.109 e. The van der Waals surface area contributed by atoms with Gasteiger partial charge in [-0.05, 0) is 32.7 Å². The van der Waals surface area contributed by atoms with Crippen LogP contribution >= 0.6 is 0 Å². The van der Waals surface area contributed by atoms with Gasteiger partial charge in [0, 0.05) is 0 Å². The summed E-state index contributed by atoms with van der Waals surface area (Å²) in [5.41, 5.74) is 5.66. The number of rotatable bonds is 4. The van der Waals surface area contributed by atoms with Crippen molar-refractivity contribution < 1.29 is 9.84 Å². The van der Waals surface area contributed by atoms with Crippen molar-refractivity contribution >= 4 is 0 Å². The number of hydrogen-bond acceptors (Lipinski definition) is 4. The fourth-order valence-corrected chi connectivity index (χ4v) is 1.44. The lowest BCUT2D eigenvalue weighted by Crippen LogP contribution is -2.34. The molecule has 1 rings (SSSR count). The van der Waals surface area contributed by atoms with Crippen molar-refractivity contribution in [1.29, 1.82) is 0 Å². The van der Waals surface area contributed by atoms with Crippen molar-refractivity contribution in [2.75, 3.05) is 13.8 Å². The van der Waals surface area contributed by atoms with Crippen molar-refractivity contribution in [3.05, 3.63) is 0 Å². The zero-order chi connectivity index (χ0) is 8.81. The van der Waals surface area contributed by atoms with E-state index in [1.807, 2.05) is 7.05 Å². The fourth-order valence-electron chi connectivity index (χ4n) is 1.44. The molecule has 0 bridgehead atoms. The number of hydrazine groups is 1. The summed E-state index contributed by atoms with van der Waals surface area (Å²) in [6, 6.07) is 0. The van der Waals surface area contributed by atoms with E-state index in [0.29, 0.717) is 12.8 Å². The monoisotopic (exact) mass is 174 g/mol. The molecule has 0 aliphatic heterocycles. The average molecular weight is 174 g/mol. The molecule has 1 fully saturated rings. The number of aliphatic hydroxyl groups excluding tert-OH is 1. The van der Waals surface area contributed by atoms with Crippen molar-refractivity contribution in [3.63, 3.8) is 0 Å². The molecule has 1 aliphatic carbocycles. The van der Waals surface area contributed by atoms with Gasteiger partial charge >= 0.3 is 0 Å². The summed E-state index contributed by atoms with van der Waals surface area (Å²) in [5, 5.41) is 9.22. The van der Waals surface area contributed by atoms with Gasteiger partial charge in [0.2, 0.25) is 0 Å². The molecular formula is C8H18N2O2. The zero-order valence-electron chi connectivity index (χ0n) is 7.55. The lowest BCUT2D eigenvalue weighted by molar-refractivity contribution is -0.0137. The highest BCUT2D eigenvalue weighted by molar-refractivity contribution is 4.71. The van der Waals surface area contributed by atoms with Crippen LogP contribution in [0.4, 0.5) is 0 Å². The fraction of sp³-hybridized carbons (Fsp3) is 1.00. The molecule has 0 unspecified atom stereocenters. The van der Waals surface area contributed by atoms with Crippen LogP contribution in [0.15, 0.2) is 0 Å². The molecule has 0 atom stereocenters. The Kier molecular flexibility index (Phi) is 4.53. The molecule has 0 aromatic carbocycles. The molecule has 4 nitrogen and oxygen atoms in total. The highest BCUT2D eigenvalue weighted by atomic mass is 16.5. The van der Waals surface area contributed by atoms with Crippen LogP contribution < -0.4 is 10.9 Å². The van der Waals surface area contributed by atoms with Crippen LogP contribution in [-0.4, -0.2) is 31.1 Å². The average Bonchev–Trinajstić information content (AvgIpc) is 2.09. The Hall–Kier alpha value is -0.160. The van der Waals surface area contributed by atoms with E-state index in [1.165, 1.54) is 0 Å². The largest absolute Gasteiger partial charge is 0.393 e. The predicted octanol–water partition coefficient (Wildman–Crippen LogP) is -0.0120. The predicted molar refractivity (Wildman–Crippen MR) is 46.4 cm³/mol. The Morgan fingerprint density at radius 2 is 2.00 bits per heavy atom. The van der Waals surface area contributed by atoms with E-state index < -0.39 is 0 Å². The summed E-state index contributed by atoms with van der Waals surface area (Å²) in [7, 11) is 1.81. The number of nitrogens with one attached hydrogen (secondary N) is 2. The summed E-state index contributed by atoms with van der Waals surface area (Å²) in [5.74, 6) is 0. The second-order valence-electron chi connectivity index (χ2n) is 3.17. The first-order valence-electron chi connectivity index (χ1n) is 4.52. The second kappa shape index (κ2) is 5.48. The minimum Gasteiger partial charge on any atom is -0.393 e. The highest BCUT2D eigenvalue weighted by Gasteiger charge is 2.19. The van der Waals surface area contributed by atoms with Gasteiger partial charge in [0.25, 0.3) is 0 Å². The Labute approximate surface area is 73.3 Å². The topological polar surface area (TPSA) is 53.5 Å². The van der Waals surface area contributed by atoms with Crippen LogP contribution in [0.25, 0.3) is 0 Å². The van der Waals surface area contributed by atoms with Crippen molar-refractivity contribution in [2.45, 2.75) is 37.9 Å². The minimum atomic E-state index is -0.0953. The highest BCUT2D eigenvalue weighted by Crippen LogP contribution is 2.20.